The van der Waals surface area contributed by atoms with Crippen molar-refractivity contribution < 1.29 is 22.7 Å². The van der Waals surface area contributed by atoms with Crippen LogP contribution in [0, 0.1) is 24.1 Å². The van der Waals surface area contributed by atoms with Gasteiger partial charge in [-0.1, -0.05) is 23.7 Å². The number of carbonyl (C=O) groups excluding carboxylic acids is 1. The largest absolute Gasteiger partial charge is 0.463 e. The second kappa shape index (κ2) is 9.41. The molecule has 3 aliphatic rings. The van der Waals surface area contributed by atoms with Crippen molar-refractivity contribution in [3.8, 4) is 18.2 Å². The topological polar surface area (TPSA) is 93.7 Å². The molecule has 192 valence electrons. The summed E-state index contributed by atoms with van der Waals surface area (Å²) in [5.41, 5.74) is 5.52. The van der Waals surface area contributed by atoms with E-state index in [9.17, 15) is 13.6 Å². The number of amides is 1. The van der Waals surface area contributed by atoms with Gasteiger partial charge in [-0.3, -0.25) is 9.79 Å². The summed E-state index contributed by atoms with van der Waals surface area (Å²) >= 11 is 1.16. The third-order valence-electron chi connectivity index (χ3n) is 7.00. The fraction of sp³-hybridized carbons (Fsp3) is 0.385. The SMILES string of the molecule is C#CCOc1cnc(/C(F)=C/c2ccc(F)c([C@@]3(C)N=C(N)S[C@@]4(C(=O)N5CCC(F)C5)C[C@H]43)c2)cn1. The predicted octanol–water partition coefficient (Wildman–Crippen LogP) is 3.70. The molecule has 5 rings (SSSR count). The van der Waals surface area contributed by atoms with E-state index in [1.807, 2.05) is 0 Å². The molecule has 1 aromatic carbocycles. The molecule has 1 saturated heterocycles. The number of amidine groups is 1. The molecule has 4 atom stereocenters. The molecule has 0 bridgehead atoms. The third kappa shape index (κ3) is 4.55. The van der Waals surface area contributed by atoms with Crippen molar-refractivity contribution in [3.05, 3.63) is 53.2 Å². The minimum atomic E-state index is -1.15. The van der Waals surface area contributed by atoms with Gasteiger partial charge in [0, 0.05) is 18.0 Å². The maximum absolute atomic E-state index is 15.2. The maximum Gasteiger partial charge on any atom is 0.239 e. The monoisotopic (exact) mass is 527 g/mol. The minimum absolute atomic E-state index is 0.0112. The quantitative estimate of drug-likeness (QED) is 0.576. The first-order chi connectivity index (χ1) is 17.7. The van der Waals surface area contributed by atoms with E-state index >= 15 is 4.39 Å². The van der Waals surface area contributed by atoms with Crippen LogP contribution in [0.1, 0.15) is 36.6 Å². The Morgan fingerprint density at radius 2 is 2.22 bits per heavy atom. The second-order valence-electron chi connectivity index (χ2n) is 9.45. The molecule has 11 heteroatoms. The number of hydrogen-bond donors (Lipinski definition) is 1. The van der Waals surface area contributed by atoms with Crippen LogP contribution in [0.3, 0.4) is 0 Å². The van der Waals surface area contributed by atoms with E-state index in [1.165, 1.54) is 41.6 Å². The van der Waals surface area contributed by atoms with Crippen LogP contribution in [0.25, 0.3) is 11.9 Å². The molecule has 1 saturated carbocycles. The Balaban J connectivity index is 1.43. The van der Waals surface area contributed by atoms with Crippen molar-refractivity contribution in [3.63, 3.8) is 0 Å². The molecule has 0 spiro atoms. The van der Waals surface area contributed by atoms with E-state index in [-0.39, 0.29) is 47.3 Å². The minimum Gasteiger partial charge on any atom is -0.463 e. The lowest BCUT2D eigenvalue weighted by atomic mass is 9.84. The van der Waals surface area contributed by atoms with Gasteiger partial charge in [-0.25, -0.2) is 23.1 Å². The summed E-state index contributed by atoms with van der Waals surface area (Å²) in [4.78, 5) is 27.4. The number of nitrogens with zero attached hydrogens (tertiary/aromatic N) is 4. The van der Waals surface area contributed by atoms with Crippen molar-refractivity contribution in [1.29, 1.82) is 0 Å². The summed E-state index contributed by atoms with van der Waals surface area (Å²) in [6.45, 7) is 2.13. The fourth-order valence-electron chi connectivity index (χ4n) is 5.09. The summed E-state index contributed by atoms with van der Waals surface area (Å²) in [6, 6.07) is 4.16. The van der Waals surface area contributed by atoms with E-state index in [1.54, 1.807) is 6.92 Å². The Morgan fingerprint density at radius 3 is 2.89 bits per heavy atom. The Labute approximate surface area is 216 Å². The van der Waals surface area contributed by atoms with Gasteiger partial charge in [0.15, 0.2) is 17.6 Å². The highest BCUT2D eigenvalue weighted by Crippen LogP contribution is 2.66. The van der Waals surface area contributed by atoms with Crippen LogP contribution in [0.5, 0.6) is 5.88 Å². The molecule has 2 aliphatic heterocycles. The average Bonchev–Trinajstić information content (AvgIpc) is 3.48. The van der Waals surface area contributed by atoms with Crippen molar-refractivity contribution in [2.45, 2.75) is 36.2 Å². The highest BCUT2D eigenvalue weighted by atomic mass is 32.2. The molecule has 37 heavy (non-hydrogen) atoms. The van der Waals surface area contributed by atoms with Gasteiger partial charge in [0.1, 0.15) is 22.4 Å². The predicted molar refractivity (Wildman–Crippen MR) is 135 cm³/mol. The average molecular weight is 528 g/mol. The molecule has 1 aliphatic carbocycles. The van der Waals surface area contributed by atoms with E-state index < -0.39 is 28.1 Å². The summed E-state index contributed by atoms with van der Waals surface area (Å²) in [6.07, 6.45) is 8.49. The van der Waals surface area contributed by atoms with E-state index in [0.717, 1.165) is 11.8 Å². The Kier molecular flexibility index (Phi) is 6.40. The van der Waals surface area contributed by atoms with Crippen LogP contribution in [0.4, 0.5) is 13.2 Å². The Morgan fingerprint density at radius 1 is 1.41 bits per heavy atom. The summed E-state index contributed by atoms with van der Waals surface area (Å²) < 4.78 is 48.1. The van der Waals surface area contributed by atoms with Gasteiger partial charge in [0.25, 0.3) is 0 Å². The molecule has 7 nitrogen and oxygen atoms in total. The van der Waals surface area contributed by atoms with Crippen molar-refractivity contribution in [2.75, 3.05) is 19.7 Å². The van der Waals surface area contributed by atoms with Crippen molar-refractivity contribution in [1.82, 2.24) is 14.9 Å². The summed E-state index contributed by atoms with van der Waals surface area (Å²) in [5, 5.41) is 0.162. The number of fused-ring (bicyclic) bond motifs is 1. The number of aromatic nitrogens is 2. The number of nitrogens with two attached hydrogens (primary N) is 1. The number of benzene rings is 1. The fourth-order valence-corrected chi connectivity index (χ4v) is 6.54. The number of ether oxygens (including phenoxy) is 1. The van der Waals surface area contributed by atoms with Crippen LogP contribution in [-0.2, 0) is 10.3 Å². The standard InChI is InChI=1S/C26H24F3N5O2S/c1-3-8-36-22-13-31-20(12-32-22)19(29)10-15-4-5-18(28)17(9-15)25(2)21-11-26(21,37-24(30)33-25)23(35)34-7-6-16(27)14-34/h1,4-5,9-10,12-13,16,21H,6-8,11,14H2,2H3,(H2,30,33)/b19-10-/t16?,21-,25+,26-/m0/s1. The van der Waals surface area contributed by atoms with E-state index in [2.05, 4.69) is 20.9 Å². The van der Waals surface area contributed by atoms with E-state index in [4.69, 9.17) is 16.9 Å². The number of terminal acetylenes is 1. The molecule has 2 N–H and O–H groups in total. The lowest BCUT2D eigenvalue weighted by molar-refractivity contribution is -0.131. The van der Waals surface area contributed by atoms with Gasteiger partial charge in [0.05, 0.1) is 24.5 Å². The number of carbonyl (C=O) groups is 1. The second-order valence-corrected chi connectivity index (χ2v) is 10.8. The highest BCUT2D eigenvalue weighted by molar-refractivity contribution is 8.15. The first kappa shape index (κ1) is 25.1. The van der Waals surface area contributed by atoms with Gasteiger partial charge in [-0.05, 0) is 43.5 Å². The number of aliphatic imine (C=N–C) groups is 1. The molecule has 1 amide bonds. The molecule has 1 aromatic heterocycles. The molecule has 2 aromatic rings. The lowest BCUT2D eigenvalue weighted by Crippen LogP contribution is -2.45. The van der Waals surface area contributed by atoms with Gasteiger partial charge in [-0.2, -0.15) is 0 Å². The maximum atomic E-state index is 15.2. The van der Waals surface area contributed by atoms with Crippen LogP contribution >= 0.6 is 11.8 Å². The molecular formula is C26H24F3N5O2S. The first-order valence-electron chi connectivity index (χ1n) is 11.7. The van der Waals surface area contributed by atoms with Gasteiger partial charge < -0.3 is 15.4 Å². The number of rotatable bonds is 6. The van der Waals surface area contributed by atoms with Gasteiger partial charge in [0.2, 0.25) is 11.8 Å². The lowest BCUT2D eigenvalue weighted by Gasteiger charge is -2.35. The number of likely N-dealkylation sites (tertiary alicyclic amines) is 1. The molecule has 1 unspecified atom stereocenters. The van der Waals surface area contributed by atoms with Crippen molar-refractivity contribution in [2.24, 2.45) is 16.6 Å². The highest BCUT2D eigenvalue weighted by Gasteiger charge is 2.71. The van der Waals surface area contributed by atoms with Crippen LogP contribution in [0.2, 0.25) is 0 Å². The Hall–Kier alpha value is -3.52. The smallest absolute Gasteiger partial charge is 0.239 e. The molecule has 2 fully saturated rings. The van der Waals surface area contributed by atoms with Crippen LogP contribution in [-0.4, -0.2) is 56.6 Å². The molecular weight excluding hydrogens is 503 g/mol. The zero-order valence-electron chi connectivity index (χ0n) is 20.0. The number of thioether (sulfide) groups is 1. The summed E-state index contributed by atoms with van der Waals surface area (Å²) in [5.74, 6) is 0.692. The number of alkyl halides is 1. The normalized spacial score (nSPS) is 28.8. The van der Waals surface area contributed by atoms with Crippen molar-refractivity contribution >= 4 is 34.7 Å². The zero-order valence-corrected chi connectivity index (χ0v) is 20.8. The molecule has 0 radical (unpaired) electrons. The third-order valence-corrected chi connectivity index (χ3v) is 8.29. The van der Waals surface area contributed by atoms with Crippen LogP contribution in [0.15, 0.2) is 35.6 Å². The zero-order chi connectivity index (χ0) is 26.4. The number of hydrogen-bond acceptors (Lipinski definition) is 7. The molecule has 3 heterocycles. The van der Waals surface area contributed by atoms with Gasteiger partial charge >= 0.3 is 0 Å². The summed E-state index contributed by atoms with van der Waals surface area (Å²) in [7, 11) is 0. The first-order valence-corrected chi connectivity index (χ1v) is 12.5. The van der Waals surface area contributed by atoms with Gasteiger partial charge in [-0.15, -0.1) is 6.42 Å². The van der Waals surface area contributed by atoms with E-state index in [0.29, 0.717) is 24.9 Å². The number of halogens is 3. The van der Waals surface area contributed by atoms with Crippen LogP contribution < -0.4 is 10.5 Å². The Bertz CT molecular complexity index is 1340.